The highest BCUT2D eigenvalue weighted by atomic mass is 16.2. The molecule has 1 aliphatic rings. The van der Waals surface area contributed by atoms with Crippen LogP contribution in [0.2, 0.25) is 0 Å². The van der Waals surface area contributed by atoms with E-state index in [2.05, 4.69) is 39.5 Å². The van der Waals surface area contributed by atoms with Gasteiger partial charge in [-0.2, -0.15) is 0 Å². The molecule has 0 aliphatic carbocycles. The largest absolute Gasteiger partial charge is 0.332 e. The Morgan fingerprint density at radius 3 is 2.37 bits per heavy atom. The average molecular weight is 259 g/mol. The molecular weight excluding hydrogens is 234 g/mol. The lowest BCUT2D eigenvalue weighted by Crippen LogP contribution is -2.44. The maximum Gasteiger partial charge on any atom is 0.254 e. The zero-order chi connectivity index (χ0) is 14.2. The van der Waals surface area contributed by atoms with Gasteiger partial charge in [0, 0.05) is 17.6 Å². The Morgan fingerprint density at radius 2 is 1.84 bits per heavy atom. The maximum absolute atomic E-state index is 12.8. The second-order valence-electron chi connectivity index (χ2n) is 6.76. The molecule has 1 aromatic rings. The minimum atomic E-state index is 0.178. The number of hydrogen-bond donors (Lipinski definition) is 0. The Morgan fingerprint density at radius 1 is 1.26 bits per heavy atom. The average Bonchev–Trinajstić information content (AvgIpc) is 2.61. The fourth-order valence-corrected chi connectivity index (χ4v) is 3.08. The summed E-state index contributed by atoms with van der Waals surface area (Å²) in [6, 6.07) is 10.3. The molecule has 2 rings (SSSR count). The van der Waals surface area contributed by atoms with Gasteiger partial charge in [0.05, 0.1) is 0 Å². The third kappa shape index (κ3) is 2.54. The van der Waals surface area contributed by atoms with Gasteiger partial charge in [0.1, 0.15) is 0 Å². The van der Waals surface area contributed by atoms with Crippen molar-refractivity contribution in [1.29, 1.82) is 0 Å². The molecule has 104 valence electrons. The van der Waals surface area contributed by atoms with Crippen molar-refractivity contribution in [2.45, 2.75) is 53.1 Å². The summed E-state index contributed by atoms with van der Waals surface area (Å²) in [7, 11) is 0. The van der Waals surface area contributed by atoms with Crippen LogP contribution in [0.1, 0.15) is 51.4 Å². The smallest absolute Gasteiger partial charge is 0.254 e. The number of amides is 1. The molecule has 0 aromatic heterocycles. The monoisotopic (exact) mass is 259 g/mol. The third-order valence-corrected chi connectivity index (χ3v) is 4.67. The molecule has 1 amide bonds. The molecule has 0 spiro atoms. The summed E-state index contributed by atoms with van der Waals surface area (Å²) in [5.41, 5.74) is 0.997. The van der Waals surface area contributed by atoms with Crippen LogP contribution in [0.3, 0.4) is 0 Å². The first-order chi connectivity index (χ1) is 8.84. The highest BCUT2D eigenvalue weighted by molar-refractivity contribution is 5.94. The Bertz CT molecular complexity index is 450. The van der Waals surface area contributed by atoms with E-state index in [1.807, 2.05) is 30.3 Å². The number of benzene rings is 1. The predicted octanol–water partition coefficient (Wildman–Crippen LogP) is 3.97. The van der Waals surface area contributed by atoms with Gasteiger partial charge in [-0.05, 0) is 36.8 Å². The van der Waals surface area contributed by atoms with Crippen LogP contribution in [0.15, 0.2) is 30.3 Å². The van der Waals surface area contributed by atoms with Crippen LogP contribution in [0.4, 0.5) is 0 Å². The van der Waals surface area contributed by atoms with Crippen molar-refractivity contribution in [2.24, 2.45) is 11.3 Å². The fourth-order valence-electron chi connectivity index (χ4n) is 3.08. The topological polar surface area (TPSA) is 20.3 Å². The van der Waals surface area contributed by atoms with Crippen LogP contribution in [0.5, 0.6) is 0 Å². The molecule has 0 radical (unpaired) electrons. The fraction of sp³-hybridized carbons (Fsp3) is 0.588. The lowest BCUT2D eigenvalue weighted by atomic mass is 9.83. The molecule has 0 saturated carbocycles. The van der Waals surface area contributed by atoms with Gasteiger partial charge >= 0.3 is 0 Å². The van der Waals surface area contributed by atoms with Crippen LogP contribution < -0.4 is 0 Å². The summed E-state index contributed by atoms with van der Waals surface area (Å²) < 4.78 is 0. The van der Waals surface area contributed by atoms with Crippen molar-refractivity contribution < 1.29 is 4.79 Å². The maximum atomic E-state index is 12.8. The van der Waals surface area contributed by atoms with Crippen LogP contribution >= 0.6 is 0 Å². The van der Waals surface area contributed by atoms with Crippen LogP contribution in [0.25, 0.3) is 0 Å². The van der Waals surface area contributed by atoms with Gasteiger partial charge in [-0.3, -0.25) is 4.79 Å². The van der Waals surface area contributed by atoms with E-state index >= 15 is 0 Å². The van der Waals surface area contributed by atoms with Crippen molar-refractivity contribution in [2.75, 3.05) is 0 Å². The molecule has 1 saturated heterocycles. The SMILES string of the molecule is CC(C)C1CC(C)(C)C(C)N1C(=O)c1ccccc1. The van der Waals surface area contributed by atoms with Gasteiger partial charge in [-0.15, -0.1) is 0 Å². The lowest BCUT2D eigenvalue weighted by molar-refractivity contribution is 0.0606. The zero-order valence-corrected chi connectivity index (χ0v) is 12.7. The first-order valence-electron chi connectivity index (χ1n) is 7.22. The number of hydrogen-bond acceptors (Lipinski definition) is 1. The first-order valence-corrected chi connectivity index (χ1v) is 7.22. The zero-order valence-electron chi connectivity index (χ0n) is 12.7. The molecule has 2 nitrogen and oxygen atoms in total. The van der Waals surface area contributed by atoms with Gasteiger partial charge in [0.15, 0.2) is 0 Å². The molecule has 1 aromatic carbocycles. The molecule has 0 N–H and O–H groups in total. The van der Waals surface area contributed by atoms with E-state index in [0.29, 0.717) is 12.0 Å². The van der Waals surface area contributed by atoms with Crippen molar-refractivity contribution in [3.05, 3.63) is 35.9 Å². The van der Waals surface area contributed by atoms with E-state index < -0.39 is 0 Å². The summed E-state index contributed by atoms with van der Waals surface area (Å²) in [5.74, 6) is 0.675. The minimum Gasteiger partial charge on any atom is -0.332 e. The van der Waals surface area contributed by atoms with Crippen LogP contribution in [0, 0.1) is 11.3 Å². The van der Waals surface area contributed by atoms with Crippen molar-refractivity contribution >= 4 is 5.91 Å². The van der Waals surface area contributed by atoms with E-state index in [-0.39, 0.29) is 17.4 Å². The molecule has 19 heavy (non-hydrogen) atoms. The van der Waals surface area contributed by atoms with Crippen molar-refractivity contribution in [3.63, 3.8) is 0 Å². The van der Waals surface area contributed by atoms with E-state index in [1.165, 1.54) is 0 Å². The van der Waals surface area contributed by atoms with Gasteiger partial charge in [0.25, 0.3) is 5.91 Å². The highest BCUT2D eigenvalue weighted by Crippen LogP contribution is 2.43. The number of nitrogens with zero attached hydrogens (tertiary/aromatic N) is 1. The van der Waals surface area contributed by atoms with Gasteiger partial charge in [-0.25, -0.2) is 0 Å². The summed E-state index contributed by atoms with van der Waals surface area (Å²) in [4.78, 5) is 14.9. The molecule has 2 heteroatoms. The van der Waals surface area contributed by atoms with E-state index in [9.17, 15) is 4.79 Å². The quantitative estimate of drug-likeness (QED) is 0.787. The van der Waals surface area contributed by atoms with Crippen molar-refractivity contribution in [3.8, 4) is 0 Å². The minimum absolute atomic E-state index is 0.178. The number of carbonyl (C=O) groups is 1. The molecular formula is C17H25NO. The Hall–Kier alpha value is -1.31. The Balaban J connectivity index is 2.33. The molecule has 2 unspecified atom stereocenters. The Labute approximate surface area is 116 Å². The summed E-state index contributed by atoms with van der Waals surface area (Å²) in [6.07, 6.45) is 1.09. The standard InChI is InChI=1S/C17H25NO/c1-12(2)15-11-17(4,5)13(3)18(15)16(19)14-9-7-6-8-10-14/h6-10,12-13,15H,11H2,1-5H3. The number of rotatable bonds is 2. The third-order valence-electron chi connectivity index (χ3n) is 4.67. The lowest BCUT2D eigenvalue weighted by Gasteiger charge is -2.33. The summed E-state index contributed by atoms with van der Waals surface area (Å²) >= 11 is 0. The van der Waals surface area contributed by atoms with Crippen LogP contribution in [-0.2, 0) is 0 Å². The predicted molar refractivity (Wildman–Crippen MR) is 79.1 cm³/mol. The summed E-state index contributed by atoms with van der Waals surface area (Å²) in [5, 5.41) is 0. The molecule has 1 aliphatic heterocycles. The van der Waals surface area contributed by atoms with Crippen molar-refractivity contribution in [1.82, 2.24) is 4.90 Å². The summed E-state index contributed by atoms with van der Waals surface area (Å²) in [6.45, 7) is 11.1. The molecule has 2 atom stereocenters. The highest BCUT2D eigenvalue weighted by Gasteiger charge is 2.47. The molecule has 1 heterocycles. The normalized spacial score (nSPS) is 25.9. The Kier molecular flexibility index (Phi) is 3.71. The van der Waals surface area contributed by atoms with E-state index in [0.717, 1.165) is 12.0 Å². The van der Waals surface area contributed by atoms with Gasteiger partial charge < -0.3 is 4.90 Å². The number of carbonyl (C=O) groups excluding carboxylic acids is 1. The van der Waals surface area contributed by atoms with E-state index in [1.54, 1.807) is 0 Å². The molecule has 1 fully saturated rings. The second kappa shape index (κ2) is 4.99. The first kappa shape index (κ1) is 14.1. The van der Waals surface area contributed by atoms with Gasteiger partial charge in [-0.1, -0.05) is 45.9 Å². The van der Waals surface area contributed by atoms with Gasteiger partial charge in [0.2, 0.25) is 0 Å². The van der Waals surface area contributed by atoms with E-state index in [4.69, 9.17) is 0 Å². The number of likely N-dealkylation sites (tertiary alicyclic amines) is 1. The molecule has 0 bridgehead atoms. The van der Waals surface area contributed by atoms with Crippen LogP contribution in [-0.4, -0.2) is 22.9 Å². The second-order valence-corrected chi connectivity index (χ2v) is 6.76.